The van der Waals surface area contributed by atoms with Gasteiger partial charge in [0.15, 0.2) is 5.84 Å². The second kappa shape index (κ2) is 8.83. The third-order valence-electron chi connectivity index (χ3n) is 5.47. The molecule has 0 saturated heterocycles. The maximum Gasteiger partial charge on any atom is 0.246 e. The molecule has 8 heteroatoms. The topological polar surface area (TPSA) is 121 Å². The van der Waals surface area contributed by atoms with Gasteiger partial charge in [0, 0.05) is 37.3 Å². The van der Waals surface area contributed by atoms with Gasteiger partial charge in [-0.1, -0.05) is 35.5 Å². The van der Waals surface area contributed by atoms with E-state index in [2.05, 4.69) is 21.5 Å². The smallest absolute Gasteiger partial charge is 0.246 e. The van der Waals surface area contributed by atoms with Crippen molar-refractivity contribution in [3.05, 3.63) is 70.9 Å². The molecule has 158 valence electrons. The molecule has 2 amide bonds. The van der Waals surface area contributed by atoms with Crippen molar-refractivity contribution in [2.24, 2.45) is 10.9 Å². The summed E-state index contributed by atoms with van der Waals surface area (Å²) in [6, 6.07) is 9.44. The number of hydrogen-bond acceptors (Lipinski definition) is 5. The summed E-state index contributed by atoms with van der Waals surface area (Å²) in [5, 5.41) is 14.5. The lowest BCUT2D eigenvalue weighted by Crippen LogP contribution is -2.33. The van der Waals surface area contributed by atoms with Gasteiger partial charge in [-0.05, 0) is 47.2 Å². The number of benzene rings is 1. The van der Waals surface area contributed by atoms with Crippen molar-refractivity contribution >= 4 is 35.1 Å². The molecule has 31 heavy (non-hydrogen) atoms. The van der Waals surface area contributed by atoms with E-state index in [4.69, 9.17) is 10.9 Å². The van der Waals surface area contributed by atoms with Gasteiger partial charge in [-0.25, -0.2) is 4.98 Å². The van der Waals surface area contributed by atoms with Crippen LogP contribution in [0.1, 0.15) is 35.1 Å². The zero-order valence-corrected chi connectivity index (χ0v) is 16.9. The summed E-state index contributed by atoms with van der Waals surface area (Å²) in [5.41, 5.74) is 10.3. The van der Waals surface area contributed by atoms with Gasteiger partial charge in [0.2, 0.25) is 11.8 Å². The molecule has 0 unspecified atom stereocenters. The van der Waals surface area contributed by atoms with Crippen molar-refractivity contribution in [1.29, 1.82) is 0 Å². The van der Waals surface area contributed by atoms with Crippen LogP contribution in [-0.4, -0.2) is 45.8 Å². The number of pyridine rings is 1. The second-order valence-electron chi connectivity index (χ2n) is 7.48. The quantitative estimate of drug-likeness (QED) is 0.232. The number of oxime groups is 1. The van der Waals surface area contributed by atoms with Crippen LogP contribution in [-0.2, 0) is 16.0 Å². The molecular weight excluding hydrogens is 394 g/mol. The number of aromatic nitrogens is 1. The van der Waals surface area contributed by atoms with Crippen LogP contribution in [0.15, 0.2) is 53.8 Å². The molecule has 1 aromatic carbocycles. The fraction of sp³-hybridized carbons (Fsp3) is 0.217. The fourth-order valence-electron chi connectivity index (χ4n) is 3.68. The van der Waals surface area contributed by atoms with Crippen LogP contribution in [0.5, 0.6) is 0 Å². The summed E-state index contributed by atoms with van der Waals surface area (Å²) in [4.78, 5) is 30.1. The van der Waals surface area contributed by atoms with E-state index < -0.39 is 0 Å². The molecule has 2 aromatic rings. The number of amides is 2. The van der Waals surface area contributed by atoms with E-state index in [-0.39, 0.29) is 17.6 Å². The molecule has 0 saturated carbocycles. The fourth-order valence-corrected chi connectivity index (χ4v) is 3.68. The Balaban J connectivity index is 1.38. The molecule has 8 nitrogen and oxygen atoms in total. The number of nitrogens with zero attached hydrogens (tertiary/aromatic N) is 3. The first-order chi connectivity index (χ1) is 15.0. The standard InChI is InChI=1S/C23H23N5O3/c24-22(27-31)18-4-2-16(3-5-18)17-9-11-28(12-10-17)21(30)8-1-15-13-19-6-7-20(29)26-23(19)25-14-15/h1-5,8-9,13-14,31H,6-7,10-12H2,(H2,24,27)(H,25,26,29)/b8-1-. The number of carbonyl (C=O) groups excluding carboxylic acids is 2. The maximum atomic E-state index is 12.6. The van der Waals surface area contributed by atoms with E-state index >= 15 is 0 Å². The van der Waals surface area contributed by atoms with Gasteiger partial charge >= 0.3 is 0 Å². The minimum atomic E-state index is -0.0522. The summed E-state index contributed by atoms with van der Waals surface area (Å²) in [7, 11) is 0. The molecule has 2 aliphatic heterocycles. The first kappa shape index (κ1) is 20.3. The summed E-state index contributed by atoms with van der Waals surface area (Å²) < 4.78 is 0. The third kappa shape index (κ3) is 4.63. The van der Waals surface area contributed by atoms with E-state index in [1.165, 1.54) is 5.57 Å². The van der Waals surface area contributed by atoms with E-state index in [0.29, 0.717) is 37.3 Å². The Morgan fingerprint density at radius 1 is 1.23 bits per heavy atom. The lowest BCUT2D eigenvalue weighted by atomic mass is 9.98. The van der Waals surface area contributed by atoms with Gasteiger partial charge in [0.05, 0.1) is 0 Å². The molecule has 4 rings (SSSR count). The van der Waals surface area contributed by atoms with Crippen LogP contribution in [0.3, 0.4) is 0 Å². The number of aryl methyl sites for hydroxylation is 1. The monoisotopic (exact) mass is 417 g/mol. The van der Waals surface area contributed by atoms with E-state index in [9.17, 15) is 9.59 Å². The van der Waals surface area contributed by atoms with Crippen molar-refractivity contribution < 1.29 is 14.8 Å². The van der Waals surface area contributed by atoms with Crippen molar-refractivity contribution in [2.45, 2.75) is 19.3 Å². The normalized spacial score (nSPS) is 16.6. The van der Waals surface area contributed by atoms with Crippen molar-refractivity contribution in [3.8, 4) is 0 Å². The predicted octanol–water partition coefficient (Wildman–Crippen LogP) is 2.39. The number of amidine groups is 1. The van der Waals surface area contributed by atoms with Gasteiger partial charge < -0.3 is 21.2 Å². The first-order valence-electron chi connectivity index (χ1n) is 10.1. The summed E-state index contributed by atoms with van der Waals surface area (Å²) in [6.07, 6.45) is 8.89. The second-order valence-corrected chi connectivity index (χ2v) is 7.48. The highest BCUT2D eigenvalue weighted by atomic mass is 16.4. The van der Waals surface area contributed by atoms with Crippen LogP contribution < -0.4 is 11.1 Å². The Labute approximate surface area is 179 Å². The highest BCUT2D eigenvalue weighted by molar-refractivity contribution is 5.97. The molecule has 2 aliphatic rings. The number of anilines is 1. The summed E-state index contributed by atoms with van der Waals surface area (Å²) in [5.74, 6) is 0.609. The molecule has 4 N–H and O–H groups in total. The highest BCUT2D eigenvalue weighted by Crippen LogP contribution is 2.24. The SMILES string of the molecule is NC(=NO)c1ccc(C2=CCN(C(=O)/C=C\c3cnc4c(c3)CCC(=O)N4)CC2)cc1. The number of carbonyl (C=O) groups is 2. The molecule has 3 heterocycles. The maximum absolute atomic E-state index is 12.6. The van der Waals surface area contributed by atoms with Crippen LogP contribution in [0.2, 0.25) is 0 Å². The van der Waals surface area contributed by atoms with E-state index in [0.717, 1.165) is 23.1 Å². The van der Waals surface area contributed by atoms with Crippen molar-refractivity contribution in [2.75, 3.05) is 18.4 Å². The summed E-state index contributed by atoms with van der Waals surface area (Å²) >= 11 is 0. The van der Waals surface area contributed by atoms with Crippen LogP contribution in [0.4, 0.5) is 5.82 Å². The number of nitrogens with one attached hydrogen (secondary N) is 1. The van der Waals surface area contributed by atoms with Crippen molar-refractivity contribution in [3.63, 3.8) is 0 Å². The molecule has 0 spiro atoms. The molecular formula is C23H23N5O3. The molecule has 0 aliphatic carbocycles. The Kier molecular flexibility index (Phi) is 5.79. The average molecular weight is 417 g/mol. The molecule has 0 fully saturated rings. The Bertz CT molecular complexity index is 1100. The van der Waals surface area contributed by atoms with E-state index in [1.54, 1.807) is 23.2 Å². The zero-order chi connectivity index (χ0) is 21.8. The van der Waals surface area contributed by atoms with Gasteiger partial charge in [0.25, 0.3) is 0 Å². The van der Waals surface area contributed by atoms with Gasteiger partial charge in [-0.15, -0.1) is 0 Å². The Hall–Kier alpha value is -3.94. The van der Waals surface area contributed by atoms with Gasteiger partial charge in [0.1, 0.15) is 5.82 Å². The highest BCUT2D eigenvalue weighted by Gasteiger charge is 2.17. The van der Waals surface area contributed by atoms with Crippen LogP contribution in [0.25, 0.3) is 11.6 Å². The summed E-state index contributed by atoms with van der Waals surface area (Å²) in [6.45, 7) is 1.17. The van der Waals surface area contributed by atoms with Gasteiger partial charge in [-0.2, -0.15) is 0 Å². The van der Waals surface area contributed by atoms with E-state index in [1.807, 2.05) is 30.3 Å². The number of fused-ring (bicyclic) bond motifs is 1. The lowest BCUT2D eigenvalue weighted by molar-refractivity contribution is -0.125. The minimum Gasteiger partial charge on any atom is -0.409 e. The zero-order valence-electron chi connectivity index (χ0n) is 16.9. The molecule has 1 aromatic heterocycles. The number of rotatable bonds is 4. The van der Waals surface area contributed by atoms with Crippen molar-refractivity contribution in [1.82, 2.24) is 9.88 Å². The average Bonchev–Trinajstić information content (AvgIpc) is 2.82. The molecule has 0 bridgehead atoms. The molecule has 0 radical (unpaired) electrons. The Morgan fingerprint density at radius 2 is 2.03 bits per heavy atom. The third-order valence-corrected chi connectivity index (χ3v) is 5.47. The van der Waals surface area contributed by atoms with Gasteiger partial charge in [-0.3, -0.25) is 9.59 Å². The largest absolute Gasteiger partial charge is 0.409 e. The van der Waals surface area contributed by atoms with Crippen LogP contribution in [0, 0.1) is 0 Å². The lowest BCUT2D eigenvalue weighted by Gasteiger charge is -2.25. The number of nitrogens with two attached hydrogens (primary N) is 1. The minimum absolute atomic E-state index is 0.0185. The van der Waals surface area contributed by atoms with Crippen LogP contribution >= 0.6 is 0 Å². The Morgan fingerprint density at radius 3 is 2.74 bits per heavy atom. The first-order valence-corrected chi connectivity index (χ1v) is 10.1. The molecule has 0 atom stereocenters. The predicted molar refractivity (Wildman–Crippen MR) is 118 cm³/mol. The number of hydrogen-bond donors (Lipinski definition) is 3.